The van der Waals surface area contributed by atoms with Crippen LogP contribution >= 0.6 is 0 Å². The minimum Gasteiger partial charge on any atom is -0.369 e. The summed E-state index contributed by atoms with van der Waals surface area (Å²) < 4.78 is 0. The second-order valence-corrected chi connectivity index (χ2v) is 10.4. The van der Waals surface area contributed by atoms with Crippen LogP contribution in [0, 0.1) is 0 Å². The molecule has 2 aliphatic heterocycles. The Morgan fingerprint density at radius 1 is 0.758 bits per heavy atom. The van der Waals surface area contributed by atoms with Gasteiger partial charge in [0.1, 0.15) is 0 Å². The van der Waals surface area contributed by atoms with Crippen molar-refractivity contribution in [2.75, 3.05) is 58.3 Å². The van der Waals surface area contributed by atoms with E-state index in [0.717, 1.165) is 52.0 Å². The number of likely N-dealkylation sites (N-methyl/N-ethyl adjacent to an activating group) is 1. The van der Waals surface area contributed by atoms with Crippen molar-refractivity contribution in [3.63, 3.8) is 0 Å². The predicted octanol–water partition coefficient (Wildman–Crippen LogP) is 4.58. The highest BCUT2D eigenvalue weighted by atomic mass is 15.2. The molecule has 2 aromatic rings. The molecule has 33 heavy (non-hydrogen) atoms. The van der Waals surface area contributed by atoms with E-state index in [9.17, 15) is 0 Å². The van der Waals surface area contributed by atoms with Crippen molar-refractivity contribution >= 4 is 5.69 Å². The number of piperidine rings is 1. The lowest BCUT2D eigenvalue weighted by atomic mass is 9.81. The summed E-state index contributed by atoms with van der Waals surface area (Å²) >= 11 is 0. The summed E-state index contributed by atoms with van der Waals surface area (Å²) in [4.78, 5) is 7.56. The van der Waals surface area contributed by atoms with Gasteiger partial charge in [-0.15, -0.1) is 0 Å². The lowest BCUT2D eigenvalue weighted by molar-refractivity contribution is 0.143. The number of anilines is 1. The summed E-state index contributed by atoms with van der Waals surface area (Å²) in [6, 6.07) is 18.8. The monoisotopic (exact) mass is 448 g/mol. The zero-order valence-electron chi connectivity index (χ0n) is 21.2. The fourth-order valence-corrected chi connectivity index (χ4v) is 5.59. The molecule has 2 heterocycles. The highest BCUT2D eigenvalue weighted by Crippen LogP contribution is 2.29. The average Bonchev–Trinajstić information content (AvgIpc) is 2.86. The Kier molecular flexibility index (Phi) is 8.45. The van der Waals surface area contributed by atoms with E-state index < -0.39 is 0 Å². The second kappa shape index (κ2) is 11.5. The third kappa shape index (κ3) is 6.38. The fraction of sp³-hybridized carbons (Fsp3) is 0.586. The van der Waals surface area contributed by atoms with Crippen molar-refractivity contribution in [1.29, 1.82) is 0 Å². The van der Waals surface area contributed by atoms with Gasteiger partial charge in [0.05, 0.1) is 0 Å². The van der Waals surface area contributed by atoms with Gasteiger partial charge in [-0.2, -0.15) is 0 Å². The van der Waals surface area contributed by atoms with Crippen LogP contribution in [0.5, 0.6) is 0 Å². The number of nitrogens with one attached hydrogen (secondary N) is 1. The molecule has 2 aromatic carbocycles. The van der Waals surface area contributed by atoms with Gasteiger partial charge >= 0.3 is 0 Å². The van der Waals surface area contributed by atoms with Gasteiger partial charge in [0.25, 0.3) is 0 Å². The van der Waals surface area contributed by atoms with Gasteiger partial charge in [-0.1, -0.05) is 49.7 Å². The van der Waals surface area contributed by atoms with Crippen molar-refractivity contribution in [1.82, 2.24) is 15.1 Å². The van der Waals surface area contributed by atoms with E-state index in [1.165, 1.54) is 54.7 Å². The Hall–Kier alpha value is -1.88. The van der Waals surface area contributed by atoms with Crippen LogP contribution in [0.3, 0.4) is 0 Å². The maximum Gasteiger partial charge on any atom is 0.0367 e. The summed E-state index contributed by atoms with van der Waals surface area (Å²) in [5.74, 6) is 0. The van der Waals surface area contributed by atoms with Gasteiger partial charge in [0, 0.05) is 44.0 Å². The standard InChI is InChI=1S/C29H44N4/c1-4-29(31(2)3,23-26-12-14-28(15-13-26)33-20-16-30-17-21-33)22-25-8-10-27(11-9-25)24-32-18-6-5-7-19-32/h8-15,30H,4-7,16-24H2,1-3H3. The van der Waals surface area contributed by atoms with E-state index in [4.69, 9.17) is 0 Å². The van der Waals surface area contributed by atoms with Gasteiger partial charge in [0.15, 0.2) is 0 Å². The van der Waals surface area contributed by atoms with Crippen LogP contribution in [0.25, 0.3) is 0 Å². The highest BCUT2D eigenvalue weighted by Gasteiger charge is 2.31. The average molecular weight is 449 g/mol. The SMILES string of the molecule is CCC(Cc1ccc(CN2CCCCC2)cc1)(Cc1ccc(N2CCNCC2)cc1)N(C)C. The molecule has 2 fully saturated rings. The van der Waals surface area contributed by atoms with Crippen LogP contribution in [0.4, 0.5) is 5.69 Å². The first-order chi connectivity index (χ1) is 16.1. The van der Waals surface area contributed by atoms with E-state index in [2.05, 4.69) is 89.6 Å². The molecular weight excluding hydrogens is 404 g/mol. The van der Waals surface area contributed by atoms with Gasteiger partial charge in [0.2, 0.25) is 0 Å². The van der Waals surface area contributed by atoms with Crippen molar-refractivity contribution in [2.45, 2.75) is 57.5 Å². The molecule has 0 amide bonds. The molecule has 0 bridgehead atoms. The number of benzene rings is 2. The minimum atomic E-state index is 0.130. The van der Waals surface area contributed by atoms with E-state index in [1.54, 1.807) is 0 Å². The Bertz CT molecular complexity index is 833. The molecule has 4 rings (SSSR count). The number of likely N-dealkylation sites (tertiary alicyclic amines) is 1. The maximum atomic E-state index is 3.44. The first kappa shape index (κ1) is 24.3. The first-order valence-corrected chi connectivity index (χ1v) is 13.1. The van der Waals surface area contributed by atoms with Crippen molar-refractivity contribution in [3.8, 4) is 0 Å². The molecule has 0 radical (unpaired) electrons. The molecule has 0 spiro atoms. The Morgan fingerprint density at radius 3 is 1.85 bits per heavy atom. The van der Waals surface area contributed by atoms with Gasteiger partial charge in [-0.05, 0) is 88.1 Å². The number of hydrogen-bond donors (Lipinski definition) is 1. The zero-order valence-corrected chi connectivity index (χ0v) is 21.2. The number of piperazine rings is 1. The molecule has 1 unspecified atom stereocenters. The van der Waals surface area contributed by atoms with Crippen LogP contribution < -0.4 is 10.2 Å². The molecule has 1 atom stereocenters. The van der Waals surface area contributed by atoms with Crippen LogP contribution in [-0.2, 0) is 19.4 Å². The van der Waals surface area contributed by atoms with Crippen LogP contribution in [-0.4, -0.2) is 68.7 Å². The Labute approximate surface area is 202 Å². The van der Waals surface area contributed by atoms with E-state index in [1.807, 2.05) is 0 Å². The highest BCUT2D eigenvalue weighted by molar-refractivity contribution is 5.48. The molecule has 2 saturated heterocycles. The number of rotatable bonds is 9. The molecule has 4 nitrogen and oxygen atoms in total. The third-order valence-corrected chi connectivity index (χ3v) is 7.97. The quantitative estimate of drug-likeness (QED) is 0.606. The van der Waals surface area contributed by atoms with E-state index >= 15 is 0 Å². The Balaban J connectivity index is 1.42. The van der Waals surface area contributed by atoms with Gasteiger partial charge < -0.3 is 15.1 Å². The summed E-state index contributed by atoms with van der Waals surface area (Å²) in [6.45, 7) is 10.3. The molecular formula is C29H44N4. The molecule has 2 aliphatic rings. The maximum absolute atomic E-state index is 3.44. The van der Waals surface area contributed by atoms with Gasteiger partial charge in [-0.3, -0.25) is 4.90 Å². The molecule has 0 aliphatic carbocycles. The van der Waals surface area contributed by atoms with Crippen molar-refractivity contribution in [3.05, 3.63) is 65.2 Å². The second-order valence-electron chi connectivity index (χ2n) is 10.4. The largest absolute Gasteiger partial charge is 0.369 e. The van der Waals surface area contributed by atoms with E-state index in [0.29, 0.717) is 0 Å². The molecule has 1 N–H and O–H groups in total. The lowest BCUT2D eigenvalue weighted by Gasteiger charge is -2.40. The predicted molar refractivity (Wildman–Crippen MR) is 141 cm³/mol. The van der Waals surface area contributed by atoms with Crippen LogP contribution in [0.2, 0.25) is 0 Å². The van der Waals surface area contributed by atoms with Crippen molar-refractivity contribution < 1.29 is 0 Å². The number of nitrogens with zero attached hydrogens (tertiary/aromatic N) is 3. The molecule has 0 saturated carbocycles. The number of hydrogen-bond acceptors (Lipinski definition) is 4. The summed E-state index contributed by atoms with van der Waals surface area (Å²) in [5, 5.41) is 3.44. The summed E-state index contributed by atoms with van der Waals surface area (Å²) in [7, 11) is 4.51. The van der Waals surface area contributed by atoms with Crippen molar-refractivity contribution in [2.24, 2.45) is 0 Å². The third-order valence-electron chi connectivity index (χ3n) is 7.97. The van der Waals surface area contributed by atoms with Crippen LogP contribution in [0.15, 0.2) is 48.5 Å². The fourth-order valence-electron chi connectivity index (χ4n) is 5.59. The lowest BCUT2D eigenvalue weighted by Crippen LogP contribution is -2.47. The zero-order chi connectivity index (χ0) is 23.1. The molecule has 0 aromatic heterocycles. The first-order valence-electron chi connectivity index (χ1n) is 13.1. The minimum absolute atomic E-state index is 0.130. The molecule has 180 valence electrons. The topological polar surface area (TPSA) is 21.8 Å². The summed E-state index contributed by atoms with van der Waals surface area (Å²) in [6.07, 6.45) is 7.41. The van der Waals surface area contributed by atoms with Gasteiger partial charge in [-0.25, -0.2) is 0 Å². The normalized spacial score (nSPS) is 19.6. The molecule has 4 heteroatoms. The Morgan fingerprint density at radius 2 is 1.30 bits per heavy atom. The van der Waals surface area contributed by atoms with E-state index in [-0.39, 0.29) is 5.54 Å². The smallest absolute Gasteiger partial charge is 0.0367 e. The summed E-state index contributed by atoms with van der Waals surface area (Å²) in [5.41, 5.74) is 5.83. The van der Waals surface area contributed by atoms with Crippen LogP contribution in [0.1, 0.15) is 49.3 Å².